The monoisotopic (exact) mass is 182 g/mol. The predicted octanol–water partition coefficient (Wildman–Crippen LogP) is 2.91. The number of rotatable bonds is 4. The smallest absolute Gasteiger partial charge is 0.119 e. The SMILES string of the molecule is CCCOc1ccc(CS)cc1. The third-order valence-electron chi connectivity index (χ3n) is 1.58. The summed E-state index contributed by atoms with van der Waals surface area (Å²) in [6.07, 6.45) is 1.05. The van der Waals surface area contributed by atoms with Crippen molar-refractivity contribution in [1.29, 1.82) is 0 Å². The topological polar surface area (TPSA) is 9.23 Å². The maximum Gasteiger partial charge on any atom is 0.119 e. The number of hydrogen-bond acceptors (Lipinski definition) is 2. The van der Waals surface area contributed by atoms with Crippen LogP contribution in [-0.4, -0.2) is 6.61 Å². The van der Waals surface area contributed by atoms with E-state index in [1.165, 1.54) is 5.56 Å². The lowest BCUT2D eigenvalue weighted by molar-refractivity contribution is 0.317. The van der Waals surface area contributed by atoms with Gasteiger partial charge in [-0.25, -0.2) is 0 Å². The Hall–Kier alpha value is -0.630. The first-order chi connectivity index (χ1) is 5.86. The normalized spacial score (nSPS) is 9.83. The van der Waals surface area contributed by atoms with Crippen molar-refractivity contribution in [3.63, 3.8) is 0 Å². The molecule has 1 aromatic carbocycles. The first-order valence-electron chi connectivity index (χ1n) is 4.19. The van der Waals surface area contributed by atoms with Crippen LogP contribution in [0.3, 0.4) is 0 Å². The van der Waals surface area contributed by atoms with E-state index in [0.29, 0.717) is 0 Å². The summed E-state index contributed by atoms with van der Waals surface area (Å²) >= 11 is 4.17. The molecule has 66 valence electrons. The zero-order valence-corrected chi connectivity index (χ0v) is 8.18. The highest BCUT2D eigenvalue weighted by atomic mass is 32.1. The Balaban J connectivity index is 2.53. The Morgan fingerprint density at radius 3 is 2.42 bits per heavy atom. The van der Waals surface area contributed by atoms with Crippen LogP contribution in [0, 0.1) is 0 Å². The molecule has 0 fully saturated rings. The zero-order valence-electron chi connectivity index (χ0n) is 7.29. The second-order valence-electron chi connectivity index (χ2n) is 2.65. The number of benzene rings is 1. The minimum absolute atomic E-state index is 0.786. The fourth-order valence-electron chi connectivity index (χ4n) is 0.911. The highest BCUT2D eigenvalue weighted by Gasteiger charge is 1.92. The molecule has 0 heterocycles. The Morgan fingerprint density at radius 1 is 1.25 bits per heavy atom. The summed E-state index contributed by atoms with van der Waals surface area (Å²) < 4.78 is 5.43. The summed E-state index contributed by atoms with van der Waals surface area (Å²) in [6.45, 7) is 2.89. The number of ether oxygens (including phenoxy) is 1. The summed E-state index contributed by atoms with van der Waals surface area (Å²) in [4.78, 5) is 0. The molecule has 0 aliphatic heterocycles. The van der Waals surface area contributed by atoms with Gasteiger partial charge in [-0.15, -0.1) is 0 Å². The second kappa shape index (κ2) is 5.09. The van der Waals surface area contributed by atoms with Crippen molar-refractivity contribution in [2.45, 2.75) is 19.1 Å². The summed E-state index contributed by atoms with van der Waals surface area (Å²) in [5.41, 5.74) is 1.22. The molecular weight excluding hydrogens is 168 g/mol. The second-order valence-corrected chi connectivity index (χ2v) is 2.97. The van der Waals surface area contributed by atoms with Crippen LogP contribution in [-0.2, 0) is 5.75 Å². The molecule has 1 rings (SSSR count). The van der Waals surface area contributed by atoms with Crippen LogP contribution in [0.25, 0.3) is 0 Å². The Bertz CT molecular complexity index is 218. The molecule has 1 aromatic rings. The van der Waals surface area contributed by atoms with Crippen molar-refractivity contribution in [3.05, 3.63) is 29.8 Å². The fraction of sp³-hybridized carbons (Fsp3) is 0.400. The molecule has 0 aliphatic rings. The molecule has 0 spiro atoms. The lowest BCUT2D eigenvalue weighted by Crippen LogP contribution is -1.94. The highest BCUT2D eigenvalue weighted by Crippen LogP contribution is 2.13. The molecule has 2 heteroatoms. The van der Waals surface area contributed by atoms with E-state index >= 15 is 0 Å². The van der Waals surface area contributed by atoms with Crippen molar-refractivity contribution >= 4 is 12.6 Å². The van der Waals surface area contributed by atoms with Crippen LogP contribution < -0.4 is 4.74 Å². The maximum absolute atomic E-state index is 5.43. The van der Waals surface area contributed by atoms with Gasteiger partial charge in [0.15, 0.2) is 0 Å². The van der Waals surface area contributed by atoms with Gasteiger partial charge >= 0.3 is 0 Å². The molecule has 0 unspecified atom stereocenters. The summed E-state index contributed by atoms with van der Waals surface area (Å²) in [7, 11) is 0. The van der Waals surface area contributed by atoms with Gasteiger partial charge in [0.05, 0.1) is 6.61 Å². The van der Waals surface area contributed by atoms with E-state index in [1.807, 2.05) is 24.3 Å². The Labute approximate surface area is 79.2 Å². The molecule has 0 aromatic heterocycles. The molecule has 0 amide bonds. The van der Waals surface area contributed by atoms with Crippen molar-refractivity contribution in [3.8, 4) is 5.75 Å². The number of thiol groups is 1. The van der Waals surface area contributed by atoms with Crippen LogP contribution in [0.2, 0.25) is 0 Å². The largest absolute Gasteiger partial charge is 0.494 e. The molecule has 0 N–H and O–H groups in total. The molecule has 0 saturated carbocycles. The highest BCUT2D eigenvalue weighted by molar-refractivity contribution is 7.79. The van der Waals surface area contributed by atoms with Gasteiger partial charge in [0.25, 0.3) is 0 Å². The molecule has 0 radical (unpaired) electrons. The van der Waals surface area contributed by atoms with E-state index in [0.717, 1.165) is 24.5 Å². The van der Waals surface area contributed by atoms with Gasteiger partial charge in [0.1, 0.15) is 5.75 Å². The van der Waals surface area contributed by atoms with Crippen LogP contribution in [0.1, 0.15) is 18.9 Å². The van der Waals surface area contributed by atoms with Gasteiger partial charge in [0.2, 0.25) is 0 Å². The van der Waals surface area contributed by atoms with Crippen molar-refractivity contribution in [2.75, 3.05) is 6.61 Å². The third kappa shape index (κ3) is 2.78. The molecular formula is C10H14OS. The first-order valence-corrected chi connectivity index (χ1v) is 4.82. The van der Waals surface area contributed by atoms with Gasteiger partial charge < -0.3 is 4.74 Å². The molecule has 0 bridgehead atoms. The van der Waals surface area contributed by atoms with Crippen molar-refractivity contribution < 1.29 is 4.74 Å². The van der Waals surface area contributed by atoms with E-state index in [-0.39, 0.29) is 0 Å². The molecule has 0 saturated heterocycles. The average molecular weight is 182 g/mol. The molecule has 0 aliphatic carbocycles. The minimum Gasteiger partial charge on any atom is -0.494 e. The first kappa shape index (κ1) is 9.46. The number of hydrogen-bond donors (Lipinski definition) is 1. The summed E-state index contributed by atoms with van der Waals surface area (Å²) in [5, 5.41) is 0. The molecule has 1 nitrogen and oxygen atoms in total. The van der Waals surface area contributed by atoms with Crippen LogP contribution in [0.15, 0.2) is 24.3 Å². The average Bonchev–Trinajstić information content (AvgIpc) is 2.15. The van der Waals surface area contributed by atoms with Gasteiger partial charge in [-0.3, -0.25) is 0 Å². The van der Waals surface area contributed by atoms with E-state index in [4.69, 9.17) is 4.74 Å². The van der Waals surface area contributed by atoms with Gasteiger partial charge in [-0.2, -0.15) is 12.6 Å². The third-order valence-corrected chi connectivity index (χ3v) is 1.94. The fourth-order valence-corrected chi connectivity index (χ4v) is 1.12. The lowest BCUT2D eigenvalue weighted by atomic mass is 10.2. The van der Waals surface area contributed by atoms with Gasteiger partial charge in [-0.1, -0.05) is 19.1 Å². The standard InChI is InChI=1S/C10H14OS/c1-2-7-11-10-5-3-9(8-12)4-6-10/h3-6,12H,2,7-8H2,1H3. The van der Waals surface area contributed by atoms with E-state index < -0.39 is 0 Å². The Morgan fingerprint density at radius 2 is 1.92 bits per heavy atom. The maximum atomic E-state index is 5.43. The van der Waals surface area contributed by atoms with Gasteiger partial charge in [0, 0.05) is 5.75 Å². The van der Waals surface area contributed by atoms with Gasteiger partial charge in [-0.05, 0) is 24.1 Å². The van der Waals surface area contributed by atoms with E-state index in [1.54, 1.807) is 0 Å². The molecule has 0 atom stereocenters. The van der Waals surface area contributed by atoms with Crippen molar-refractivity contribution in [1.82, 2.24) is 0 Å². The van der Waals surface area contributed by atoms with Crippen LogP contribution >= 0.6 is 12.6 Å². The van der Waals surface area contributed by atoms with Crippen LogP contribution in [0.4, 0.5) is 0 Å². The molecule has 12 heavy (non-hydrogen) atoms. The summed E-state index contributed by atoms with van der Waals surface area (Å²) in [5.74, 6) is 1.73. The van der Waals surface area contributed by atoms with E-state index in [2.05, 4.69) is 19.6 Å². The van der Waals surface area contributed by atoms with Crippen molar-refractivity contribution in [2.24, 2.45) is 0 Å². The van der Waals surface area contributed by atoms with Crippen LogP contribution in [0.5, 0.6) is 5.75 Å². The minimum atomic E-state index is 0.786. The predicted molar refractivity (Wildman–Crippen MR) is 54.9 cm³/mol. The van der Waals surface area contributed by atoms with E-state index in [9.17, 15) is 0 Å². The zero-order chi connectivity index (χ0) is 8.81. The Kier molecular flexibility index (Phi) is 4.01. The quantitative estimate of drug-likeness (QED) is 0.704. The summed E-state index contributed by atoms with van der Waals surface area (Å²) in [6, 6.07) is 8.05. The lowest BCUT2D eigenvalue weighted by Gasteiger charge is -2.04.